The number of carboxylic acid groups (broad SMARTS) is 1. The van der Waals surface area contributed by atoms with Gasteiger partial charge in [0, 0.05) is 18.2 Å². The van der Waals surface area contributed by atoms with Gasteiger partial charge in [-0.1, -0.05) is 12.1 Å². The molecule has 1 unspecified atom stereocenters. The highest BCUT2D eigenvalue weighted by molar-refractivity contribution is 5.66. The van der Waals surface area contributed by atoms with Gasteiger partial charge >= 0.3 is 5.97 Å². The molecule has 0 bridgehead atoms. The molecule has 1 atom stereocenters. The molecule has 0 aliphatic heterocycles. The Morgan fingerprint density at radius 3 is 2.94 bits per heavy atom. The number of carboxylic acids is 1. The van der Waals surface area contributed by atoms with E-state index in [0.717, 1.165) is 6.42 Å². The molecule has 2 rings (SSSR count). The number of hydrogen-bond acceptors (Lipinski definition) is 2. The second-order valence-electron chi connectivity index (χ2n) is 5.13. The van der Waals surface area contributed by atoms with Crippen molar-refractivity contribution in [1.29, 1.82) is 0 Å². The summed E-state index contributed by atoms with van der Waals surface area (Å²) in [4.78, 5) is 10.6. The first-order chi connectivity index (χ1) is 8.66. The lowest BCUT2D eigenvalue weighted by Crippen LogP contribution is -2.18. The van der Waals surface area contributed by atoms with E-state index in [9.17, 15) is 4.79 Å². The first-order valence-corrected chi connectivity index (χ1v) is 6.76. The minimum Gasteiger partial charge on any atom is -0.481 e. The van der Waals surface area contributed by atoms with Crippen LogP contribution in [0.3, 0.4) is 0 Å². The fourth-order valence-corrected chi connectivity index (χ4v) is 2.59. The highest BCUT2D eigenvalue weighted by atomic mass is 16.4. The van der Waals surface area contributed by atoms with Gasteiger partial charge in [-0.3, -0.25) is 4.79 Å². The Morgan fingerprint density at radius 1 is 1.39 bits per heavy atom. The quantitative estimate of drug-likeness (QED) is 0.839. The zero-order valence-electron chi connectivity index (χ0n) is 10.9. The molecule has 1 aromatic rings. The van der Waals surface area contributed by atoms with Crippen molar-refractivity contribution in [3.05, 3.63) is 29.3 Å². The molecule has 3 heteroatoms. The number of aliphatic carboxylic acids is 1. The van der Waals surface area contributed by atoms with E-state index >= 15 is 0 Å². The Hall–Kier alpha value is -1.51. The van der Waals surface area contributed by atoms with Crippen molar-refractivity contribution in [2.45, 2.75) is 51.5 Å². The molecule has 3 nitrogen and oxygen atoms in total. The van der Waals surface area contributed by atoms with Gasteiger partial charge in [-0.2, -0.15) is 0 Å². The van der Waals surface area contributed by atoms with Crippen molar-refractivity contribution < 1.29 is 9.90 Å². The van der Waals surface area contributed by atoms with Crippen LogP contribution < -0.4 is 5.32 Å². The molecule has 98 valence electrons. The third-order valence-electron chi connectivity index (χ3n) is 3.59. The normalized spacial score (nSPS) is 15.8. The van der Waals surface area contributed by atoms with Gasteiger partial charge in [0.25, 0.3) is 0 Å². The average Bonchev–Trinajstić information content (AvgIpc) is 2.37. The fourth-order valence-electron chi connectivity index (χ4n) is 2.59. The summed E-state index contributed by atoms with van der Waals surface area (Å²) in [7, 11) is 0. The Labute approximate surface area is 108 Å². The summed E-state index contributed by atoms with van der Waals surface area (Å²) in [6.45, 7) is 2.05. The summed E-state index contributed by atoms with van der Waals surface area (Å²) in [6.07, 6.45) is 5.75. The van der Waals surface area contributed by atoms with Crippen molar-refractivity contribution >= 4 is 11.7 Å². The molecule has 2 N–H and O–H groups in total. The molecule has 0 radical (unpaired) electrons. The molecule has 0 fully saturated rings. The van der Waals surface area contributed by atoms with Gasteiger partial charge < -0.3 is 10.4 Å². The molecule has 1 aliphatic carbocycles. The number of aryl methyl sites for hydroxylation is 1. The topological polar surface area (TPSA) is 49.3 Å². The fraction of sp³-hybridized carbons (Fsp3) is 0.533. The minimum atomic E-state index is -0.723. The van der Waals surface area contributed by atoms with Crippen molar-refractivity contribution in [3.8, 4) is 0 Å². The minimum absolute atomic E-state index is 0.203. The van der Waals surface area contributed by atoms with Gasteiger partial charge in [-0.05, 0) is 56.2 Å². The molecule has 0 heterocycles. The second kappa shape index (κ2) is 5.89. The van der Waals surface area contributed by atoms with Crippen LogP contribution in [0, 0.1) is 0 Å². The van der Waals surface area contributed by atoms with Gasteiger partial charge in [0.1, 0.15) is 0 Å². The van der Waals surface area contributed by atoms with E-state index < -0.39 is 5.97 Å². The predicted octanol–water partition coefficient (Wildman–Crippen LogP) is 3.23. The van der Waals surface area contributed by atoms with Crippen LogP contribution in [0.1, 0.15) is 43.7 Å². The van der Waals surface area contributed by atoms with Crippen LogP contribution in [-0.4, -0.2) is 17.1 Å². The van der Waals surface area contributed by atoms with Crippen molar-refractivity contribution in [1.82, 2.24) is 0 Å². The van der Waals surface area contributed by atoms with E-state index in [4.69, 9.17) is 5.11 Å². The van der Waals surface area contributed by atoms with Gasteiger partial charge in [0.15, 0.2) is 0 Å². The average molecular weight is 247 g/mol. The second-order valence-corrected chi connectivity index (χ2v) is 5.13. The Balaban J connectivity index is 2.02. The summed E-state index contributed by atoms with van der Waals surface area (Å²) in [6, 6.07) is 6.62. The number of anilines is 1. The van der Waals surface area contributed by atoms with Gasteiger partial charge in [0.2, 0.25) is 0 Å². The molecular formula is C15H21NO2. The Morgan fingerprint density at radius 2 is 2.17 bits per heavy atom. The third-order valence-corrected chi connectivity index (χ3v) is 3.59. The van der Waals surface area contributed by atoms with Crippen LogP contribution in [-0.2, 0) is 17.6 Å². The number of nitrogens with one attached hydrogen (secondary N) is 1. The molecule has 1 aromatic carbocycles. The first-order valence-electron chi connectivity index (χ1n) is 6.76. The lowest BCUT2D eigenvalue weighted by Gasteiger charge is -2.22. The van der Waals surface area contributed by atoms with E-state index in [-0.39, 0.29) is 12.5 Å². The van der Waals surface area contributed by atoms with E-state index in [2.05, 4.69) is 23.5 Å². The summed E-state index contributed by atoms with van der Waals surface area (Å²) < 4.78 is 0. The monoisotopic (exact) mass is 247 g/mol. The zero-order chi connectivity index (χ0) is 13.0. The van der Waals surface area contributed by atoms with E-state index in [1.54, 1.807) is 0 Å². The maximum atomic E-state index is 10.6. The summed E-state index contributed by atoms with van der Waals surface area (Å²) in [5, 5.41) is 12.2. The SMILES string of the molecule is CC(CCC(=O)O)Nc1cccc2c1CCCC2. The molecule has 0 saturated carbocycles. The van der Waals surface area contributed by atoms with Crippen LogP contribution >= 0.6 is 0 Å². The number of carbonyl (C=O) groups is 1. The highest BCUT2D eigenvalue weighted by Gasteiger charge is 2.14. The number of fused-ring (bicyclic) bond motifs is 1. The Kier molecular flexibility index (Phi) is 4.24. The van der Waals surface area contributed by atoms with E-state index in [1.807, 2.05) is 6.92 Å². The van der Waals surface area contributed by atoms with E-state index in [0.29, 0.717) is 6.42 Å². The Bertz CT molecular complexity index is 429. The lowest BCUT2D eigenvalue weighted by atomic mass is 9.90. The molecular weight excluding hydrogens is 226 g/mol. The van der Waals surface area contributed by atoms with Crippen LogP contribution in [0.2, 0.25) is 0 Å². The van der Waals surface area contributed by atoms with Crippen LogP contribution in [0.25, 0.3) is 0 Å². The first kappa shape index (κ1) is 12.9. The number of benzene rings is 1. The van der Waals surface area contributed by atoms with E-state index in [1.165, 1.54) is 36.1 Å². The maximum Gasteiger partial charge on any atom is 0.303 e. The summed E-state index contributed by atoms with van der Waals surface area (Å²) in [5.74, 6) is -0.723. The van der Waals surface area contributed by atoms with Gasteiger partial charge in [-0.25, -0.2) is 0 Å². The largest absolute Gasteiger partial charge is 0.481 e. The number of rotatable bonds is 5. The van der Waals surface area contributed by atoms with Gasteiger partial charge in [-0.15, -0.1) is 0 Å². The third kappa shape index (κ3) is 3.25. The maximum absolute atomic E-state index is 10.6. The van der Waals surface area contributed by atoms with Crippen LogP contribution in [0.5, 0.6) is 0 Å². The lowest BCUT2D eigenvalue weighted by molar-refractivity contribution is -0.137. The van der Waals surface area contributed by atoms with Crippen molar-refractivity contribution in [3.63, 3.8) is 0 Å². The van der Waals surface area contributed by atoms with Crippen molar-refractivity contribution in [2.75, 3.05) is 5.32 Å². The molecule has 0 spiro atoms. The van der Waals surface area contributed by atoms with Crippen molar-refractivity contribution in [2.24, 2.45) is 0 Å². The smallest absolute Gasteiger partial charge is 0.303 e. The predicted molar refractivity (Wildman–Crippen MR) is 73.0 cm³/mol. The standard InChI is InChI=1S/C15H21NO2/c1-11(9-10-15(17)18)16-14-8-4-6-12-5-2-3-7-13(12)14/h4,6,8,11,16H,2-3,5,7,9-10H2,1H3,(H,17,18). The molecule has 0 aromatic heterocycles. The molecule has 1 aliphatic rings. The molecule has 18 heavy (non-hydrogen) atoms. The van der Waals surface area contributed by atoms with Crippen LogP contribution in [0.15, 0.2) is 18.2 Å². The molecule has 0 amide bonds. The summed E-state index contributed by atoms with van der Waals surface area (Å²) >= 11 is 0. The number of hydrogen-bond donors (Lipinski definition) is 2. The van der Waals surface area contributed by atoms with Crippen LogP contribution in [0.4, 0.5) is 5.69 Å². The highest BCUT2D eigenvalue weighted by Crippen LogP contribution is 2.28. The molecule has 0 saturated heterocycles. The summed E-state index contributed by atoms with van der Waals surface area (Å²) in [5.41, 5.74) is 4.09. The zero-order valence-corrected chi connectivity index (χ0v) is 10.9. The van der Waals surface area contributed by atoms with Gasteiger partial charge in [0.05, 0.1) is 0 Å².